The predicted octanol–water partition coefficient (Wildman–Crippen LogP) is 5.54. The van der Waals surface area contributed by atoms with Crippen LogP contribution in [0.25, 0.3) is 0 Å². The first kappa shape index (κ1) is 17.0. The van der Waals surface area contributed by atoms with Gasteiger partial charge in [-0.15, -0.1) is 0 Å². The summed E-state index contributed by atoms with van der Waals surface area (Å²) in [5, 5.41) is 3.99. The maximum absolute atomic E-state index is 3.99. The van der Waals surface area contributed by atoms with Crippen LogP contribution in [-0.4, -0.2) is 12.1 Å². The van der Waals surface area contributed by atoms with Crippen LogP contribution >= 0.6 is 0 Å². The van der Waals surface area contributed by atoms with Crippen molar-refractivity contribution < 1.29 is 0 Å². The van der Waals surface area contributed by atoms with E-state index in [2.05, 4.69) is 33.0 Å². The highest BCUT2D eigenvalue weighted by Gasteiger charge is 2.22. The molecule has 3 unspecified atom stereocenters. The fourth-order valence-corrected chi connectivity index (χ4v) is 3.61. The predicted molar refractivity (Wildman–Crippen MR) is 86.6 cm³/mol. The average Bonchev–Trinajstić information content (AvgIpc) is 2.62. The van der Waals surface area contributed by atoms with Crippen LogP contribution in [-0.2, 0) is 0 Å². The van der Waals surface area contributed by atoms with Gasteiger partial charge in [0.15, 0.2) is 0 Å². The van der Waals surface area contributed by atoms with Crippen LogP contribution in [0.3, 0.4) is 0 Å². The summed E-state index contributed by atoms with van der Waals surface area (Å²) < 4.78 is 0. The van der Waals surface area contributed by atoms with Gasteiger partial charge in [-0.2, -0.15) is 0 Å². The summed E-state index contributed by atoms with van der Waals surface area (Å²) in [5.41, 5.74) is 0. The summed E-state index contributed by atoms with van der Waals surface area (Å²) in [7, 11) is 0. The van der Waals surface area contributed by atoms with Gasteiger partial charge >= 0.3 is 0 Å². The van der Waals surface area contributed by atoms with E-state index in [-0.39, 0.29) is 0 Å². The highest BCUT2D eigenvalue weighted by Crippen LogP contribution is 2.29. The Morgan fingerprint density at radius 2 is 1.74 bits per heavy atom. The lowest BCUT2D eigenvalue weighted by Gasteiger charge is -2.25. The zero-order valence-electron chi connectivity index (χ0n) is 13.9. The summed E-state index contributed by atoms with van der Waals surface area (Å²) in [4.78, 5) is 0. The SMILES string of the molecule is CCCCC(CCC)NC1CCCC(C(C)C)CC1. The number of hydrogen-bond acceptors (Lipinski definition) is 1. The third kappa shape index (κ3) is 6.79. The molecule has 0 spiro atoms. The molecule has 1 N–H and O–H groups in total. The second-order valence-electron chi connectivity index (χ2n) is 7.00. The Hall–Kier alpha value is -0.0400. The minimum Gasteiger partial charge on any atom is -0.311 e. The molecule has 1 nitrogen and oxygen atoms in total. The van der Waals surface area contributed by atoms with Gasteiger partial charge in [-0.1, -0.05) is 59.8 Å². The highest BCUT2D eigenvalue weighted by molar-refractivity contribution is 4.79. The van der Waals surface area contributed by atoms with Crippen molar-refractivity contribution in [2.45, 2.75) is 104 Å². The molecule has 0 heterocycles. The van der Waals surface area contributed by atoms with Gasteiger partial charge in [0.1, 0.15) is 0 Å². The second kappa shape index (κ2) is 9.80. The zero-order valence-corrected chi connectivity index (χ0v) is 13.9. The Balaban J connectivity index is 2.36. The molecule has 1 heteroatoms. The number of nitrogens with one attached hydrogen (secondary N) is 1. The Kier molecular flexibility index (Phi) is 8.77. The summed E-state index contributed by atoms with van der Waals surface area (Å²) in [5.74, 6) is 1.86. The third-order valence-electron chi connectivity index (χ3n) is 4.97. The van der Waals surface area contributed by atoms with E-state index in [1.165, 1.54) is 64.2 Å². The Morgan fingerprint density at radius 1 is 0.947 bits per heavy atom. The van der Waals surface area contributed by atoms with Crippen molar-refractivity contribution in [1.29, 1.82) is 0 Å². The van der Waals surface area contributed by atoms with Crippen molar-refractivity contribution in [3.63, 3.8) is 0 Å². The monoisotopic (exact) mass is 267 g/mol. The van der Waals surface area contributed by atoms with Gasteiger partial charge in [0.05, 0.1) is 0 Å². The molecule has 19 heavy (non-hydrogen) atoms. The largest absolute Gasteiger partial charge is 0.311 e. The molecule has 0 amide bonds. The van der Waals surface area contributed by atoms with Gasteiger partial charge in [0.25, 0.3) is 0 Å². The average molecular weight is 268 g/mol. The van der Waals surface area contributed by atoms with E-state index in [1.54, 1.807) is 0 Å². The zero-order chi connectivity index (χ0) is 14.1. The lowest BCUT2D eigenvalue weighted by molar-refractivity contribution is 0.326. The number of unbranched alkanes of at least 4 members (excludes halogenated alkanes) is 1. The van der Waals surface area contributed by atoms with E-state index in [9.17, 15) is 0 Å². The summed E-state index contributed by atoms with van der Waals surface area (Å²) >= 11 is 0. The number of hydrogen-bond donors (Lipinski definition) is 1. The molecule has 1 fully saturated rings. The molecule has 0 aromatic heterocycles. The second-order valence-corrected chi connectivity index (χ2v) is 7.00. The van der Waals surface area contributed by atoms with Gasteiger partial charge in [-0.05, 0) is 43.9 Å². The molecule has 0 aliphatic heterocycles. The fraction of sp³-hybridized carbons (Fsp3) is 1.00. The lowest BCUT2D eigenvalue weighted by Crippen LogP contribution is -2.38. The molecule has 0 radical (unpaired) electrons. The molecule has 0 aromatic rings. The topological polar surface area (TPSA) is 12.0 Å². The van der Waals surface area contributed by atoms with Crippen molar-refractivity contribution in [2.75, 3.05) is 0 Å². The van der Waals surface area contributed by atoms with Crippen LogP contribution in [0.1, 0.15) is 91.9 Å². The molecule has 1 saturated carbocycles. The van der Waals surface area contributed by atoms with Crippen LogP contribution in [0.2, 0.25) is 0 Å². The van der Waals surface area contributed by atoms with E-state index in [0.29, 0.717) is 0 Å². The summed E-state index contributed by atoms with van der Waals surface area (Å²) in [6, 6.07) is 1.59. The maximum atomic E-state index is 3.99. The minimum atomic E-state index is 0.783. The van der Waals surface area contributed by atoms with Crippen molar-refractivity contribution in [3.05, 3.63) is 0 Å². The Bertz CT molecular complexity index is 212. The highest BCUT2D eigenvalue weighted by atomic mass is 14.9. The van der Waals surface area contributed by atoms with Gasteiger partial charge in [-0.25, -0.2) is 0 Å². The molecule has 0 aromatic carbocycles. The van der Waals surface area contributed by atoms with Crippen LogP contribution in [0.4, 0.5) is 0 Å². The van der Waals surface area contributed by atoms with E-state index in [4.69, 9.17) is 0 Å². The van der Waals surface area contributed by atoms with Gasteiger partial charge in [0.2, 0.25) is 0 Å². The molecular formula is C18H37N. The van der Waals surface area contributed by atoms with Crippen LogP contribution in [0.15, 0.2) is 0 Å². The van der Waals surface area contributed by atoms with Crippen molar-refractivity contribution in [1.82, 2.24) is 5.32 Å². The molecule has 1 aliphatic carbocycles. The molecule has 1 rings (SSSR count). The number of rotatable bonds is 8. The van der Waals surface area contributed by atoms with Gasteiger partial charge < -0.3 is 5.32 Å². The first-order valence-corrected chi connectivity index (χ1v) is 8.93. The summed E-state index contributed by atoms with van der Waals surface area (Å²) in [6.45, 7) is 9.43. The van der Waals surface area contributed by atoms with E-state index in [0.717, 1.165) is 23.9 Å². The third-order valence-corrected chi connectivity index (χ3v) is 4.97. The van der Waals surface area contributed by atoms with Crippen molar-refractivity contribution >= 4 is 0 Å². The molecule has 1 aliphatic rings. The van der Waals surface area contributed by atoms with Crippen molar-refractivity contribution in [2.24, 2.45) is 11.8 Å². The summed E-state index contributed by atoms with van der Waals surface area (Å²) in [6.07, 6.45) is 14.0. The molecule has 0 bridgehead atoms. The quantitative estimate of drug-likeness (QED) is 0.569. The van der Waals surface area contributed by atoms with E-state index in [1.807, 2.05) is 0 Å². The van der Waals surface area contributed by atoms with E-state index >= 15 is 0 Å². The molecule has 0 saturated heterocycles. The normalized spacial score (nSPS) is 26.4. The maximum Gasteiger partial charge on any atom is 0.00697 e. The smallest absolute Gasteiger partial charge is 0.00697 e. The van der Waals surface area contributed by atoms with Crippen LogP contribution < -0.4 is 5.32 Å². The first-order valence-electron chi connectivity index (χ1n) is 8.93. The van der Waals surface area contributed by atoms with Crippen LogP contribution in [0, 0.1) is 11.8 Å². The van der Waals surface area contributed by atoms with E-state index < -0.39 is 0 Å². The molecular weight excluding hydrogens is 230 g/mol. The minimum absolute atomic E-state index is 0.783. The fourth-order valence-electron chi connectivity index (χ4n) is 3.61. The lowest BCUT2D eigenvalue weighted by atomic mass is 9.89. The van der Waals surface area contributed by atoms with Gasteiger partial charge in [-0.3, -0.25) is 0 Å². The first-order chi connectivity index (χ1) is 9.17. The molecule has 114 valence electrons. The standard InChI is InChI=1S/C18H37N/c1-5-7-11-17(9-6-2)19-18-12-8-10-16(13-14-18)15(3)4/h15-19H,5-14H2,1-4H3. The van der Waals surface area contributed by atoms with Crippen LogP contribution in [0.5, 0.6) is 0 Å². The van der Waals surface area contributed by atoms with Gasteiger partial charge in [0, 0.05) is 12.1 Å². The molecule has 3 atom stereocenters. The Labute approximate surface area is 121 Å². The Morgan fingerprint density at radius 3 is 2.37 bits per heavy atom. The van der Waals surface area contributed by atoms with Crippen molar-refractivity contribution in [3.8, 4) is 0 Å².